The van der Waals surface area contributed by atoms with Gasteiger partial charge in [-0.15, -0.1) is 0 Å². The number of rotatable bonds is 5. The van der Waals surface area contributed by atoms with E-state index < -0.39 is 23.5 Å². The van der Waals surface area contributed by atoms with Crippen LogP contribution in [0, 0.1) is 5.82 Å². The van der Waals surface area contributed by atoms with Crippen molar-refractivity contribution in [1.29, 1.82) is 0 Å². The second-order valence-corrected chi connectivity index (χ2v) is 8.93. The zero-order valence-corrected chi connectivity index (χ0v) is 19.6. The molecule has 8 nitrogen and oxygen atoms in total. The molecule has 0 radical (unpaired) electrons. The average Bonchev–Trinajstić information content (AvgIpc) is 3.57. The van der Waals surface area contributed by atoms with Gasteiger partial charge in [-0.05, 0) is 42.0 Å². The zero-order valence-electron chi connectivity index (χ0n) is 19.6. The lowest BCUT2D eigenvalue weighted by molar-refractivity contribution is -0.128. The summed E-state index contributed by atoms with van der Waals surface area (Å²) in [5, 5.41) is 2.90. The molecule has 1 spiro atoms. The number of nitrogens with one attached hydrogen (secondary N) is 1. The molecule has 1 N–H and O–H groups in total. The zero-order chi connectivity index (χ0) is 25.1. The minimum Gasteiger partial charge on any atom is -0.459 e. The Labute approximate surface area is 207 Å². The van der Waals surface area contributed by atoms with Gasteiger partial charge in [0.2, 0.25) is 5.91 Å². The number of carbonyl (C=O) groups is 3. The van der Waals surface area contributed by atoms with Crippen molar-refractivity contribution in [2.24, 2.45) is 0 Å². The highest BCUT2D eigenvalue weighted by molar-refractivity contribution is 5.98. The molecule has 36 heavy (non-hydrogen) atoms. The maximum Gasteiger partial charge on any atom is 0.289 e. The van der Waals surface area contributed by atoms with Gasteiger partial charge in [0.15, 0.2) is 5.76 Å². The minimum atomic E-state index is -1.06. The van der Waals surface area contributed by atoms with Crippen LogP contribution in [-0.2, 0) is 16.1 Å². The molecule has 9 heteroatoms. The number of benzene rings is 2. The topological polar surface area (TPSA) is 92.1 Å². The third kappa shape index (κ3) is 4.61. The molecule has 0 bridgehead atoms. The van der Waals surface area contributed by atoms with Crippen molar-refractivity contribution in [2.75, 3.05) is 19.7 Å². The maximum absolute atomic E-state index is 13.7. The molecule has 3 amide bonds. The van der Waals surface area contributed by atoms with Crippen LogP contribution in [0.1, 0.15) is 39.3 Å². The van der Waals surface area contributed by atoms with Crippen molar-refractivity contribution >= 4 is 17.7 Å². The van der Waals surface area contributed by atoms with E-state index in [9.17, 15) is 18.8 Å². The van der Waals surface area contributed by atoms with Crippen LogP contribution in [0.25, 0.3) is 0 Å². The summed E-state index contributed by atoms with van der Waals surface area (Å²) in [5.41, 5.74) is 0.136. The highest BCUT2D eigenvalue weighted by atomic mass is 19.1. The van der Waals surface area contributed by atoms with Crippen LogP contribution in [-0.4, -0.2) is 59.0 Å². The molecule has 5 rings (SSSR count). The Morgan fingerprint density at radius 1 is 0.944 bits per heavy atom. The van der Waals surface area contributed by atoms with Crippen molar-refractivity contribution in [3.8, 4) is 0 Å². The standard InChI is InChI=1S/C27H26FN3O5/c28-21-10-8-20(9-11-21)25(33)31-22(24(32)29-17-19-5-2-1-3-6-19)18-36-27(31)12-14-30(15-13-27)26(34)23-7-4-16-35-23/h1-11,16,22H,12-15,17-18H2,(H,29,32)/t22-/m0/s1. The Morgan fingerprint density at radius 3 is 2.33 bits per heavy atom. The molecule has 1 atom stereocenters. The molecule has 2 aromatic carbocycles. The number of hydrogen-bond donors (Lipinski definition) is 1. The summed E-state index contributed by atoms with van der Waals surface area (Å²) < 4.78 is 24.9. The first-order valence-corrected chi connectivity index (χ1v) is 11.8. The second-order valence-electron chi connectivity index (χ2n) is 8.93. The van der Waals surface area contributed by atoms with Crippen LogP contribution in [0.15, 0.2) is 77.4 Å². The fourth-order valence-corrected chi connectivity index (χ4v) is 4.82. The quantitative estimate of drug-likeness (QED) is 0.592. The molecule has 0 aliphatic carbocycles. The van der Waals surface area contributed by atoms with E-state index in [2.05, 4.69) is 5.32 Å². The summed E-state index contributed by atoms with van der Waals surface area (Å²) in [5.74, 6) is -1.20. The second kappa shape index (κ2) is 9.94. The van der Waals surface area contributed by atoms with Crippen LogP contribution in [0.2, 0.25) is 0 Å². The highest BCUT2D eigenvalue weighted by Gasteiger charge is 2.54. The van der Waals surface area contributed by atoms with Gasteiger partial charge in [-0.25, -0.2) is 4.39 Å². The molecule has 0 saturated carbocycles. The number of carbonyl (C=O) groups excluding carboxylic acids is 3. The van der Waals surface area contributed by atoms with Gasteiger partial charge in [0.05, 0.1) is 12.9 Å². The van der Waals surface area contributed by atoms with E-state index in [4.69, 9.17) is 9.15 Å². The van der Waals surface area contributed by atoms with Crippen LogP contribution in [0.3, 0.4) is 0 Å². The Morgan fingerprint density at radius 2 is 1.67 bits per heavy atom. The van der Waals surface area contributed by atoms with Crippen LogP contribution < -0.4 is 5.32 Å². The first-order chi connectivity index (χ1) is 17.5. The monoisotopic (exact) mass is 491 g/mol. The molecule has 3 heterocycles. The van der Waals surface area contributed by atoms with Gasteiger partial charge in [-0.2, -0.15) is 0 Å². The molecule has 2 aliphatic rings. The lowest BCUT2D eigenvalue weighted by atomic mass is 9.96. The Bertz CT molecular complexity index is 1220. The molecule has 3 aromatic rings. The van der Waals surface area contributed by atoms with Crippen molar-refractivity contribution < 1.29 is 27.9 Å². The number of nitrogens with zero attached hydrogens (tertiary/aromatic N) is 2. The number of piperidine rings is 1. The van der Waals surface area contributed by atoms with Crippen LogP contribution >= 0.6 is 0 Å². The van der Waals surface area contributed by atoms with Crippen molar-refractivity contribution in [3.05, 3.63) is 95.7 Å². The minimum absolute atomic E-state index is 0.0275. The van der Waals surface area contributed by atoms with E-state index in [-0.39, 0.29) is 29.7 Å². The summed E-state index contributed by atoms with van der Waals surface area (Å²) in [4.78, 5) is 42.8. The number of amides is 3. The van der Waals surface area contributed by atoms with E-state index in [1.54, 1.807) is 17.0 Å². The average molecular weight is 492 g/mol. The van der Waals surface area contributed by atoms with Gasteiger partial charge in [0.25, 0.3) is 11.8 Å². The van der Waals surface area contributed by atoms with E-state index in [0.717, 1.165) is 5.56 Å². The fraction of sp³-hybridized carbons (Fsp3) is 0.296. The van der Waals surface area contributed by atoms with Gasteiger partial charge in [0, 0.05) is 38.0 Å². The molecule has 186 valence electrons. The Balaban J connectivity index is 1.36. The number of halogens is 1. The van der Waals surface area contributed by atoms with Gasteiger partial charge < -0.3 is 19.4 Å². The predicted molar refractivity (Wildman–Crippen MR) is 127 cm³/mol. The van der Waals surface area contributed by atoms with Gasteiger partial charge >= 0.3 is 0 Å². The largest absolute Gasteiger partial charge is 0.459 e. The Kier molecular flexibility index (Phi) is 6.56. The third-order valence-electron chi connectivity index (χ3n) is 6.75. The number of furan rings is 1. The van der Waals surface area contributed by atoms with Gasteiger partial charge in [-0.3, -0.25) is 19.3 Å². The molecule has 2 aliphatic heterocycles. The predicted octanol–water partition coefficient (Wildman–Crippen LogP) is 3.21. The summed E-state index contributed by atoms with van der Waals surface area (Å²) >= 11 is 0. The molecule has 1 aromatic heterocycles. The SMILES string of the molecule is O=C(NCc1ccccc1)[C@@H]1COC2(CCN(C(=O)c3ccco3)CC2)N1C(=O)c1ccc(F)cc1. The van der Waals surface area contributed by atoms with E-state index in [1.165, 1.54) is 35.4 Å². The molecule has 2 fully saturated rings. The summed E-state index contributed by atoms with van der Waals surface area (Å²) in [7, 11) is 0. The molecule has 2 saturated heterocycles. The number of hydrogen-bond acceptors (Lipinski definition) is 5. The molecule has 0 unspecified atom stereocenters. The summed E-state index contributed by atoms with van der Waals surface area (Å²) in [6.07, 6.45) is 2.10. The lowest BCUT2D eigenvalue weighted by Gasteiger charge is -2.44. The smallest absolute Gasteiger partial charge is 0.289 e. The first kappa shape index (κ1) is 23.7. The first-order valence-electron chi connectivity index (χ1n) is 11.8. The van der Waals surface area contributed by atoms with Crippen molar-refractivity contribution in [3.63, 3.8) is 0 Å². The number of likely N-dealkylation sites (tertiary alicyclic amines) is 1. The van der Waals surface area contributed by atoms with Crippen molar-refractivity contribution in [2.45, 2.75) is 31.2 Å². The normalized spacial score (nSPS) is 18.9. The van der Waals surface area contributed by atoms with E-state index in [1.807, 2.05) is 30.3 Å². The fourth-order valence-electron chi connectivity index (χ4n) is 4.82. The van der Waals surface area contributed by atoms with E-state index in [0.29, 0.717) is 32.5 Å². The van der Waals surface area contributed by atoms with E-state index >= 15 is 0 Å². The Hall–Kier alpha value is -3.98. The third-order valence-corrected chi connectivity index (χ3v) is 6.75. The highest BCUT2D eigenvalue weighted by Crippen LogP contribution is 2.39. The van der Waals surface area contributed by atoms with Crippen molar-refractivity contribution in [1.82, 2.24) is 15.1 Å². The maximum atomic E-state index is 13.7. The summed E-state index contributed by atoms with van der Waals surface area (Å²) in [6.45, 7) is 0.989. The van der Waals surface area contributed by atoms with Crippen LogP contribution in [0.5, 0.6) is 0 Å². The summed E-state index contributed by atoms with van der Waals surface area (Å²) in [6, 6.07) is 17.1. The lowest BCUT2D eigenvalue weighted by Crippen LogP contribution is -2.59. The van der Waals surface area contributed by atoms with Gasteiger partial charge in [-0.1, -0.05) is 30.3 Å². The van der Waals surface area contributed by atoms with Gasteiger partial charge in [0.1, 0.15) is 17.6 Å². The number of ether oxygens (including phenoxy) is 1. The van der Waals surface area contributed by atoms with Crippen LogP contribution in [0.4, 0.5) is 4.39 Å². The molecular weight excluding hydrogens is 465 g/mol. The molecular formula is C27H26FN3O5.